The van der Waals surface area contributed by atoms with Gasteiger partial charge in [0.15, 0.2) is 0 Å². The molecule has 0 bridgehead atoms. The Balaban J connectivity index is 1.63. The maximum atomic E-state index is 13.2. The van der Waals surface area contributed by atoms with E-state index in [-0.39, 0.29) is 30.0 Å². The average Bonchev–Trinajstić information content (AvgIpc) is 2.76. The highest BCUT2D eigenvalue weighted by atomic mass is 19.1. The number of hydrogen-bond donors (Lipinski definition) is 3. The minimum absolute atomic E-state index is 0.0310. The molecule has 2 aromatic carbocycles. The van der Waals surface area contributed by atoms with E-state index in [4.69, 9.17) is 0 Å². The minimum Gasteiger partial charge on any atom is -0.353 e. The molecule has 0 aliphatic carbocycles. The molecule has 0 spiro atoms. The van der Waals surface area contributed by atoms with Gasteiger partial charge >= 0.3 is 0 Å². The van der Waals surface area contributed by atoms with Gasteiger partial charge in [0.1, 0.15) is 5.82 Å². The summed E-state index contributed by atoms with van der Waals surface area (Å²) in [6.45, 7) is 6.11. The van der Waals surface area contributed by atoms with Crippen molar-refractivity contribution < 1.29 is 18.8 Å². The molecule has 3 rings (SSSR count). The zero-order valence-electron chi connectivity index (χ0n) is 18.4. The van der Waals surface area contributed by atoms with E-state index < -0.39 is 6.04 Å². The van der Waals surface area contributed by atoms with Gasteiger partial charge < -0.3 is 16.0 Å². The summed E-state index contributed by atoms with van der Waals surface area (Å²) in [5.41, 5.74) is 1.82. The van der Waals surface area contributed by atoms with E-state index in [1.807, 2.05) is 18.7 Å². The van der Waals surface area contributed by atoms with E-state index in [1.165, 1.54) is 12.1 Å². The lowest BCUT2D eigenvalue weighted by molar-refractivity contribution is -0.132. The lowest BCUT2D eigenvalue weighted by Gasteiger charge is -2.34. The van der Waals surface area contributed by atoms with Crippen LogP contribution >= 0.6 is 0 Å². The van der Waals surface area contributed by atoms with Crippen LogP contribution in [-0.4, -0.2) is 48.3 Å². The van der Waals surface area contributed by atoms with Crippen molar-refractivity contribution in [3.63, 3.8) is 0 Å². The fraction of sp³-hybridized carbons (Fsp3) is 0.375. The summed E-state index contributed by atoms with van der Waals surface area (Å²) in [4.78, 5) is 39.4. The lowest BCUT2D eigenvalue weighted by Crippen LogP contribution is -2.55. The highest BCUT2D eigenvalue weighted by Crippen LogP contribution is 2.17. The molecule has 1 atom stereocenters. The van der Waals surface area contributed by atoms with E-state index in [1.54, 1.807) is 36.4 Å². The van der Waals surface area contributed by atoms with E-state index in [2.05, 4.69) is 16.0 Å². The maximum absolute atomic E-state index is 13.2. The molecule has 3 N–H and O–H groups in total. The second-order valence-electron chi connectivity index (χ2n) is 8.34. The van der Waals surface area contributed by atoms with Gasteiger partial charge in [0, 0.05) is 37.4 Å². The molecule has 32 heavy (non-hydrogen) atoms. The number of carbonyl (C=O) groups excluding carboxylic acids is 3. The number of anilines is 1. The third-order valence-electron chi connectivity index (χ3n) is 5.20. The summed E-state index contributed by atoms with van der Waals surface area (Å²) in [7, 11) is 0. The van der Waals surface area contributed by atoms with Crippen LogP contribution in [0.25, 0.3) is 0 Å². The second kappa shape index (κ2) is 10.9. The van der Waals surface area contributed by atoms with Crippen molar-refractivity contribution in [1.29, 1.82) is 0 Å². The van der Waals surface area contributed by atoms with E-state index in [9.17, 15) is 18.8 Å². The summed E-state index contributed by atoms with van der Waals surface area (Å²) in [6.07, 6.45) is -0.0310. The van der Waals surface area contributed by atoms with Crippen LogP contribution in [0.15, 0.2) is 48.5 Å². The van der Waals surface area contributed by atoms with Gasteiger partial charge in [-0.15, -0.1) is 0 Å². The zero-order chi connectivity index (χ0) is 23.1. The Hall–Kier alpha value is -3.26. The van der Waals surface area contributed by atoms with E-state index in [0.29, 0.717) is 43.3 Å². The number of nitrogens with zero attached hydrogens (tertiary/aromatic N) is 1. The van der Waals surface area contributed by atoms with Crippen LogP contribution in [0, 0.1) is 11.7 Å². The smallest absolute Gasteiger partial charge is 0.251 e. The number of amides is 3. The molecule has 3 amide bonds. The molecule has 7 nitrogen and oxygen atoms in total. The maximum Gasteiger partial charge on any atom is 0.251 e. The molecule has 0 saturated carbocycles. The van der Waals surface area contributed by atoms with Crippen LogP contribution in [0.2, 0.25) is 0 Å². The van der Waals surface area contributed by atoms with Gasteiger partial charge in [0.25, 0.3) is 5.91 Å². The Morgan fingerprint density at radius 3 is 2.66 bits per heavy atom. The Morgan fingerprint density at radius 2 is 1.94 bits per heavy atom. The quantitative estimate of drug-likeness (QED) is 0.589. The van der Waals surface area contributed by atoms with Crippen molar-refractivity contribution >= 4 is 23.4 Å². The third kappa shape index (κ3) is 6.62. The van der Waals surface area contributed by atoms with Crippen molar-refractivity contribution in [3.8, 4) is 0 Å². The standard InChI is InChI=1S/C24H29FN4O3/c1-16(2)14-27-23(31)18-4-3-5-20(12-18)28-22(30)13-21-24(32)26-10-11-29(21)15-17-6-8-19(25)9-7-17/h3-9,12,16,21H,10-11,13-15H2,1-2H3,(H,26,32)(H,27,31)(H,28,30). The molecule has 8 heteroatoms. The predicted molar refractivity (Wildman–Crippen MR) is 120 cm³/mol. The van der Waals surface area contributed by atoms with Crippen LogP contribution in [0.5, 0.6) is 0 Å². The Bertz CT molecular complexity index is 962. The van der Waals surface area contributed by atoms with Crippen LogP contribution in [-0.2, 0) is 16.1 Å². The fourth-order valence-corrected chi connectivity index (χ4v) is 3.52. The first kappa shape index (κ1) is 23.4. The monoisotopic (exact) mass is 440 g/mol. The van der Waals surface area contributed by atoms with Crippen molar-refractivity contribution in [1.82, 2.24) is 15.5 Å². The Kier molecular flexibility index (Phi) is 7.94. The van der Waals surface area contributed by atoms with Crippen LogP contribution in [0.3, 0.4) is 0 Å². The van der Waals surface area contributed by atoms with Crippen molar-refractivity contribution in [2.45, 2.75) is 32.9 Å². The minimum atomic E-state index is -0.633. The highest BCUT2D eigenvalue weighted by Gasteiger charge is 2.31. The van der Waals surface area contributed by atoms with Crippen LogP contribution < -0.4 is 16.0 Å². The number of benzene rings is 2. The second-order valence-corrected chi connectivity index (χ2v) is 8.34. The summed E-state index contributed by atoms with van der Waals surface area (Å²) >= 11 is 0. The summed E-state index contributed by atoms with van der Waals surface area (Å²) in [5, 5.41) is 8.43. The number of nitrogens with one attached hydrogen (secondary N) is 3. The molecule has 1 unspecified atom stereocenters. The SMILES string of the molecule is CC(C)CNC(=O)c1cccc(NC(=O)CC2C(=O)NCCN2Cc2ccc(F)cc2)c1. The van der Waals surface area contributed by atoms with Crippen molar-refractivity contribution in [2.75, 3.05) is 25.0 Å². The molecule has 0 radical (unpaired) electrons. The summed E-state index contributed by atoms with van der Waals surface area (Å²) < 4.78 is 13.2. The topological polar surface area (TPSA) is 90.5 Å². The lowest BCUT2D eigenvalue weighted by atomic mass is 10.1. The van der Waals surface area contributed by atoms with E-state index >= 15 is 0 Å². The van der Waals surface area contributed by atoms with Crippen molar-refractivity contribution in [3.05, 3.63) is 65.5 Å². The number of piperazine rings is 1. The predicted octanol–water partition coefficient (Wildman–Crippen LogP) is 2.54. The molecule has 170 valence electrons. The number of rotatable bonds is 8. The Labute approximate surface area is 187 Å². The van der Waals surface area contributed by atoms with Gasteiger partial charge in [-0.05, 0) is 41.8 Å². The molecule has 2 aromatic rings. The number of halogens is 1. The average molecular weight is 441 g/mol. The molecule has 1 aliphatic rings. The first-order chi connectivity index (χ1) is 15.3. The first-order valence-electron chi connectivity index (χ1n) is 10.8. The third-order valence-corrected chi connectivity index (χ3v) is 5.20. The van der Waals surface area contributed by atoms with Crippen LogP contribution in [0.1, 0.15) is 36.2 Å². The first-order valence-corrected chi connectivity index (χ1v) is 10.8. The van der Waals surface area contributed by atoms with Gasteiger partial charge in [0.2, 0.25) is 11.8 Å². The largest absolute Gasteiger partial charge is 0.353 e. The zero-order valence-corrected chi connectivity index (χ0v) is 18.4. The molecule has 1 saturated heterocycles. The van der Waals surface area contributed by atoms with Gasteiger partial charge in [0.05, 0.1) is 12.5 Å². The highest BCUT2D eigenvalue weighted by molar-refractivity contribution is 5.98. The van der Waals surface area contributed by atoms with Gasteiger partial charge in [-0.2, -0.15) is 0 Å². The van der Waals surface area contributed by atoms with E-state index in [0.717, 1.165) is 5.56 Å². The van der Waals surface area contributed by atoms with Gasteiger partial charge in [-0.1, -0.05) is 32.0 Å². The molecule has 0 aromatic heterocycles. The molecular weight excluding hydrogens is 411 g/mol. The molecule has 1 fully saturated rings. The van der Waals surface area contributed by atoms with Gasteiger partial charge in [-0.3, -0.25) is 19.3 Å². The number of hydrogen-bond acceptors (Lipinski definition) is 4. The molecule has 1 heterocycles. The molecule has 1 aliphatic heterocycles. The van der Waals surface area contributed by atoms with Crippen molar-refractivity contribution in [2.24, 2.45) is 5.92 Å². The number of carbonyl (C=O) groups is 3. The summed E-state index contributed by atoms with van der Waals surface area (Å²) in [6, 6.07) is 12.2. The molecular formula is C24H29FN4O3. The Morgan fingerprint density at radius 1 is 1.19 bits per heavy atom. The fourth-order valence-electron chi connectivity index (χ4n) is 3.52. The van der Waals surface area contributed by atoms with Crippen LogP contribution in [0.4, 0.5) is 10.1 Å². The normalized spacial score (nSPS) is 16.5. The van der Waals surface area contributed by atoms with Gasteiger partial charge in [-0.25, -0.2) is 4.39 Å². The summed E-state index contributed by atoms with van der Waals surface area (Å²) in [5.74, 6) is -0.722.